The van der Waals surface area contributed by atoms with E-state index in [-0.39, 0.29) is 5.82 Å². The van der Waals surface area contributed by atoms with Crippen molar-refractivity contribution in [3.63, 3.8) is 0 Å². The van der Waals surface area contributed by atoms with Gasteiger partial charge in [0.05, 0.1) is 6.04 Å². The van der Waals surface area contributed by atoms with E-state index in [1.54, 1.807) is 6.92 Å². The molecule has 0 aromatic heterocycles. The first-order valence-corrected chi connectivity index (χ1v) is 7.94. The summed E-state index contributed by atoms with van der Waals surface area (Å²) in [4.78, 5) is 48.0. The molecule has 1 unspecified atom stereocenters. The van der Waals surface area contributed by atoms with Gasteiger partial charge in [-0.25, -0.2) is 9.18 Å². The number of amides is 4. The Hall–Kier alpha value is -2.97. The maximum atomic E-state index is 12.9. The van der Waals surface area contributed by atoms with E-state index < -0.39 is 48.5 Å². The predicted molar refractivity (Wildman–Crippen MR) is 88.2 cm³/mol. The zero-order valence-corrected chi connectivity index (χ0v) is 14.7. The average molecular weight is 365 g/mol. The molecule has 0 bridgehead atoms. The molecule has 2 N–H and O–H groups in total. The molecule has 8 nitrogen and oxygen atoms in total. The zero-order chi connectivity index (χ0) is 19.5. The highest BCUT2D eigenvalue weighted by Gasteiger charge is 2.45. The van der Waals surface area contributed by atoms with Gasteiger partial charge in [0.25, 0.3) is 11.8 Å². The van der Waals surface area contributed by atoms with Crippen molar-refractivity contribution >= 4 is 23.8 Å². The van der Waals surface area contributed by atoms with Crippen LogP contribution in [0.25, 0.3) is 0 Å². The molecule has 0 aliphatic carbocycles. The standard InChI is InChI=1S/C17H20FN3O5/c1-10(11-4-6-12(18)7-5-11)19-13(22)9-26-14(23)8-21-15(24)17(2,3)20-16(21)25/h4-7,10H,8-9H2,1-3H3,(H,19,22)(H,20,25). The fraction of sp³-hybridized carbons (Fsp3) is 0.412. The van der Waals surface area contributed by atoms with Crippen molar-refractivity contribution in [2.45, 2.75) is 32.4 Å². The van der Waals surface area contributed by atoms with Crippen LogP contribution in [0.4, 0.5) is 9.18 Å². The van der Waals surface area contributed by atoms with E-state index in [2.05, 4.69) is 10.6 Å². The monoisotopic (exact) mass is 365 g/mol. The van der Waals surface area contributed by atoms with Crippen molar-refractivity contribution in [2.24, 2.45) is 0 Å². The number of hydrogen-bond donors (Lipinski definition) is 2. The molecule has 1 saturated heterocycles. The molecule has 4 amide bonds. The van der Waals surface area contributed by atoms with Crippen LogP contribution >= 0.6 is 0 Å². The first-order valence-electron chi connectivity index (χ1n) is 7.94. The summed E-state index contributed by atoms with van der Waals surface area (Å²) in [6.45, 7) is 3.60. The third-order valence-electron chi connectivity index (χ3n) is 3.84. The minimum Gasteiger partial charge on any atom is -0.454 e. The lowest BCUT2D eigenvalue weighted by molar-refractivity contribution is -0.151. The summed E-state index contributed by atoms with van der Waals surface area (Å²) in [7, 11) is 0. The number of imide groups is 1. The maximum absolute atomic E-state index is 12.9. The summed E-state index contributed by atoms with van der Waals surface area (Å²) in [6.07, 6.45) is 0. The van der Waals surface area contributed by atoms with E-state index in [1.165, 1.54) is 38.1 Å². The van der Waals surface area contributed by atoms with Gasteiger partial charge in [0.2, 0.25) is 0 Å². The molecular weight excluding hydrogens is 345 g/mol. The van der Waals surface area contributed by atoms with Crippen molar-refractivity contribution in [1.82, 2.24) is 15.5 Å². The molecular formula is C17H20FN3O5. The first-order chi connectivity index (χ1) is 12.1. The molecule has 1 heterocycles. The van der Waals surface area contributed by atoms with Gasteiger partial charge in [-0.1, -0.05) is 12.1 Å². The van der Waals surface area contributed by atoms with Gasteiger partial charge in [-0.05, 0) is 38.5 Å². The van der Waals surface area contributed by atoms with Crippen molar-refractivity contribution in [2.75, 3.05) is 13.2 Å². The van der Waals surface area contributed by atoms with E-state index in [0.717, 1.165) is 4.90 Å². The Morgan fingerprint density at radius 2 is 1.88 bits per heavy atom. The SMILES string of the molecule is CC(NC(=O)COC(=O)CN1C(=O)NC(C)(C)C1=O)c1ccc(F)cc1. The Kier molecular flexibility index (Phi) is 5.59. The number of benzene rings is 1. The Balaban J connectivity index is 1.80. The van der Waals surface area contributed by atoms with Crippen LogP contribution in [-0.4, -0.2) is 47.4 Å². The number of nitrogens with zero attached hydrogens (tertiary/aromatic N) is 1. The smallest absolute Gasteiger partial charge is 0.326 e. The highest BCUT2D eigenvalue weighted by Crippen LogP contribution is 2.16. The van der Waals surface area contributed by atoms with Gasteiger partial charge in [0.15, 0.2) is 6.61 Å². The molecule has 1 aliphatic heterocycles. The number of urea groups is 1. The molecule has 0 saturated carbocycles. The lowest BCUT2D eigenvalue weighted by Gasteiger charge is -2.16. The maximum Gasteiger partial charge on any atom is 0.326 e. The van der Waals surface area contributed by atoms with E-state index in [9.17, 15) is 23.6 Å². The highest BCUT2D eigenvalue weighted by molar-refractivity contribution is 6.08. The number of esters is 1. The number of carbonyl (C=O) groups is 4. The average Bonchev–Trinajstić information content (AvgIpc) is 2.75. The second-order valence-electron chi connectivity index (χ2n) is 6.45. The van der Waals surface area contributed by atoms with Crippen LogP contribution in [0.5, 0.6) is 0 Å². The number of nitrogens with one attached hydrogen (secondary N) is 2. The first kappa shape index (κ1) is 19.4. The second kappa shape index (κ2) is 7.51. The van der Waals surface area contributed by atoms with Gasteiger partial charge in [0, 0.05) is 0 Å². The third kappa shape index (κ3) is 4.56. The van der Waals surface area contributed by atoms with Gasteiger partial charge < -0.3 is 15.4 Å². The third-order valence-corrected chi connectivity index (χ3v) is 3.84. The largest absolute Gasteiger partial charge is 0.454 e. The molecule has 2 rings (SSSR count). The molecule has 0 radical (unpaired) electrons. The quantitative estimate of drug-likeness (QED) is 0.575. The summed E-state index contributed by atoms with van der Waals surface area (Å²) in [5.41, 5.74) is -0.396. The number of ether oxygens (including phenoxy) is 1. The zero-order valence-electron chi connectivity index (χ0n) is 14.7. The van der Waals surface area contributed by atoms with Crippen molar-refractivity contribution in [3.05, 3.63) is 35.6 Å². The Labute approximate surface area is 149 Å². The van der Waals surface area contributed by atoms with Crippen molar-refractivity contribution in [1.29, 1.82) is 0 Å². The minimum absolute atomic E-state index is 0.384. The van der Waals surface area contributed by atoms with Crippen molar-refractivity contribution in [3.8, 4) is 0 Å². The van der Waals surface area contributed by atoms with Crippen LogP contribution < -0.4 is 10.6 Å². The topological polar surface area (TPSA) is 105 Å². The molecule has 26 heavy (non-hydrogen) atoms. The summed E-state index contributed by atoms with van der Waals surface area (Å²) < 4.78 is 17.7. The lowest BCUT2D eigenvalue weighted by atomic mass is 10.1. The summed E-state index contributed by atoms with van der Waals surface area (Å²) in [5.74, 6) is -2.37. The Morgan fingerprint density at radius 3 is 2.42 bits per heavy atom. The fourth-order valence-corrected chi connectivity index (χ4v) is 2.40. The Bertz CT molecular complexity index is 732. The normalized spacial score (nSPS) is 16.8. The van der Waals surface area contributed by atoms with Crippen LogP contribution in [0.2, 0.25) is 0 Å². The lowest BCUT2D eigenvalue weighted by Crippen LogP contribution is -2.41. The summed E-state index contributed by atoms with van der Waals surface area (Å²) in [5, 5.41) is 5.03. The van der Waals surface area contributed by atoms with Crippen LogP contribution in [-0.2, 0) is 19.1 Å². The number of halogens is 1. The molecule has 0 spiro atoms. The Morgan fingerprint density at radius 1 is 1.27 bits per heavy atom. The van der Waals surface area contributed by atoms with E-state index in [0.29, 0.717) is 5.56 Å². The molecule has 1 fully saturated rings. The second-order valence-corrected chi connectivity index (χ2v) is 6.45. The van der Waals surface area contributed by atoms with Gasteiger partial charge >= 0.3 is 12.0 Å². The van der Waals surface area contributed by atoms with Crippen LogP contribution in [0.15, 0.2) is 24.3 Å². The summed E-state index contributed by atoms with van der Waals surface area (Å²) in [6, 6.07) is 4.52. The molecule has 140 valence electrons. The number of hydrogen-bond acceptors (Lipinski definition) is 5. The van der Waals surface area contributed by atoms with E-state index >= 15 is 0 Å². The predicted octanol–water partition coefficient (Wildman–Crippen LogP) is 0.877. The number of carbonyl (C=O) groups excluding carboxylic acids is 4. The number of rotatable bonds is 6. The molecule has 1 atom stereocenters. The van der Waals surface area contributed by atoms with Gasteiger partial charge in [-0.2, -0.15) is 0 Å². The molecule has 1 aromatic carbocycles. The van der Waals surface area contributed by atoms with E-state index in [1.807, 2.05) is 0 Å². The van der Waals surface area contributed by atoms with Gasteiger partial charge in [0.1, 0.15) is 17.9 Å². The van der Waals surface area contributed by atoms with E-state index in [4.69, 9.17) is 4.74 Å². The van der Waals surface area contributed by atoms with Gasteiger partial charge in [-0.3, -0.25) is 19.3 Å². The van der Waals surface area contributed by atoms with Gasteiger partial charge in [-0.15, -0.1) is 0 Å². The molecule has 1 aliphatic rings. The van der Waals surface area contributed by atoms with Crippen molar-refractivity contribution < 1.29 is 28.3 Å². The fourth-order valence-electron chi connectivity index (χ4n) is 2.40. The molecule has 1 aromatic rings. The molecule has 9 heteroatoms. The summed E-state index contributed by atoms with van der Waals surface area (Å²) >= 11 is 0. The van der Waals surface area contributed by atoms with Crippen LogP contribution in [0, 0.1) is 5.82 Å². The van der Waals surface area contributed by atoms with Crippen LogP contribution in [0.1, 0.15) is 32.4 Å². The highest BCUT2D eigenvalue weighted by atomic mass is 19.1. The minimum atomic E-state index is -1.08. The van der Waals surface area contributed by atoms with Crippen LogP contribution in [0.3, 0.4) is 0 Å².